The van der Waals surface area contributed by atoms with Crippen LogP contribution in [0.2, 0.25) is 10.0 Å². The maximum Gasteiger partial charge on any atom is 0.194 e. The second-order valence-electron chi connectivity index (χ2n) is 8.34. The number of para-hydroxylation sites is 1. The minimum Gasteiger partial charge on any atom is -0.331 e. The summed E-state index contributed by atoms with van der Waals surface area (Å²) in [5.74, 6) is 0.258. The second-order valence-corrected chi connectivity index (χ2v) is 9.60. The molecule has 0 spiro atoms. The van der Waals surface area contributed by atoms with E-state index in [1.807, 2.05) is 71.7 Å². The molecule has 1 fully saturated rings. The van der Waals surface area contributed by atoms with Crippen LogP contribution in [-0.2, 0) is 0 Å². The lowest BCUT2D eigenvalue weighted by Crippen LogP contribution is -2.34. The Morgan fingerprint density at radius 2 is 1.61 bits per heavy atom. The van der Waals surface area contributed by atoms with Gasteiger partial charge in [0.2, 0.25) is 0 Å². The number of hydrogen-bond donors (Lipinski definition) is 1. The summed E-state index contributed by atoms with van der Waals surface area (Å²) >= 11 is 18.1. The number of fused-ring (bicyclic) bond motifs is 1. The molecule has 0 amide bonds. The van der Waals surface area contributed by atoms with Gasteiger partial charge in [0.25, 0.3) is 0 Å². The Morgan fingerprint density at radius 1 is 0.939 bits per heavy atom. The van der Waals surface area contributed by atoms with Crippen molar-refractivity contribution in [3.05, 3.63) is 106 Å². The zero-order valence-corrected chi connectivity index (χ0v) is 20.2. The topological polar surface area (TPSA) is 27.6 Å². The minimum absolute atomic E-state index is 0.0231. The van der Waals surface area contributed by atoms with Crippen molar-refractivity contribution < 1.29 is 0 Å². The van der Waals surface area contributed by atoms with Gasteiger partial charge in [0.1, 0.15) is 0 Å². The van der Waals surface area contributed by atoms with Crippen molar-refractivity contribution >= 4 is 58.0 Å². The van der Waals surface area contributed by atoms with Crippen molar-refractivity contribution in [2.45, 2.75) is 25.3 Å². The van der Waals surface area contributed by atoms with Gasteiger partial charge in [0.15, 0.2) is 5.11 Å². The van der Waals surface area contributed by atoms with Gasteiger partial charge in [-0.05, 0) is 90.7 Å². The Balaban J connectivity index is 1.52. The van der Waals surface area contributed by atoms with Crippen LogP contribution in [0, 0.1) is 5.92 Å². The second kappa shape index (κ2) is 9.68. The molecule has 33 heavy (non-hydrogen) atoms. The van der Waals surface area contributed by atoms with Gasteiger partial charge in [-0.25, -0.2) is 5.01 Å². The Bertz CT molecular complexity index is 1200. The summed E-state index contributed by atoms with van der Waals surface area (Å²) in [5.41, 5.74) is 5.62. The van der Waals surface area contributed by atoms with E-state index in [4.69, 9.17) is 40.5 Å². The SMILES string of the molecule is S=C(Nc1ccccc1)N1N=C2/C(=C/c3ccc(Cl)cc3)CCC[C@H]2[C@H]1c1ccc(Cl)cc1. The molecule has 0 saturated heterocycles. The predicted molar refractivity (Wildman–Crippen MR) is 143 cm³/mol. The summed E-state index contributed by atoms with van der Waals surface area (Å²) in [7, 11) is 0. The lowest BCUT2D eigenvalue weighted by atomic mass is 9.77. The highest BCUT2D eigenvalue weighted by atomic mass is 35.5. The first-order valence-corrected chi connectivity index (χ1v) is 12.2. The molecule has 3 aromatic rings. The molecule has 1 saturated carbocycles. The highest BCUT2D eigenvalue weighted by Gasteiger charge is 2.42. The number of nitrogens with one attached hydrogen (secondary N) is 1. The summed E-state index contributed by atoms with van der Waals surface area (Å²) in [6.07, 6.45) is 5.41. The largest absolute Gasteiger partial charge is 0.331 e. The normalized spacial score (nSPS) is 21.0. The maximum atomic E-state index is 6.19. The van der Waals surface area contributed by atoms with Crippen molar-refractivity contribution in [1.29, 1.82) is 0 Å². The molecule has 3 aromatic carbocycles. The van der Waals surface area contributed by atoms with Gasteiger partial charge < -0.3 is 5.32 Å². The fourth-order valence-corrected chi connectivity index (χ4v) is 5.15. The number of benzene rings is 3. The minimum atomic E-state index is 0.0231. The van der Waals surface area contributed by atoms with E-state index in [1.165, 1.54) is 5.57 Å². The van der Waals surface area contributed by atoms with Crippen molar-refractivity contribution in [3.63, 3.8) is 0 Å². The first kappa shape index (κ1) is 22.1. The Kier molecular flexibility index (Phi) is 6.50. The van der Waals surface area contributed by atoms with Crippen LogP contribution in [0.5, 0.6) is 0 Å². The third kappa shape index (κ3) is 4.84. The van der Waals surface area contributed by atoms with Gasteiger partial charge in [-0.3, -0.25) is 0 Å². The number of rotatable bonds is 3. The molecule has 1 aliphatic heterocycles. The number of hydrazone groups is 1. The van der Waals surface area contributed by atoms with Crippen LogP contribution in [0.4, 0.5) is 5.69 Å². The van der Waals surface area contributed by atoms with Gasteiger partial charge in [0.05, 0.1) is 11.8 Å². The maximum absolute atomic E-state index is 6.19. The summed E-state index contributed by atoms with van der Waals surface area (Å²) in [5, 5.41) is 12.5. The Hall–Kier alpha value is -2.66. The van der Waals surface area contributed by atoms with E-state index in [0.717, 1.165) is 51.8 Å². The van der Waals surface area contributed by atoms with E-state index in [0.29, 0.717) is 5.11 Å². The van der Waals surface area contributed by atoms with Crippen LogP contribution in [-0.4, -0.2) is 15.8 Å². The lowest BCUT2D eigenvalue weighted by Gasteiger charge is -2.31. The monoisotopic (exact) mass is 491 g/mol. The first-order chi connectivity index (χ1) is 16.1. The van der Waals surface area contributed by atoms with E-state index in [-0.39, 0.29) is 12.0 Å². The smallest absolute Gasteiger partial charge is 0.194 e. The molecule has 2 atom stereocenters. The summed E-state index contributed by atoms with van der Waals surface area (Å²) < 4.78 is 0. The Morgan fingerprint density at radius 3 is 2.30 bits per heavy atom. The number of halogens is 2. The van der Waals surface area contributed by atoms with Crippen molar-refractivity contribution in [1.82, 2.24) is 5.01 Å². The number of thiocarbonyl (C=S) groups is 1. The number of anilines is 1. The molecule has 1 aliphatic carbocycles. The molecule has 166 valence electrons. The standard InChI is InChI=1S/C27H23Cl2N3S/c28-21-13-9-18(10-14-21)17-20-5-4-8-24-25(20)31-32(26(24)19-11-15-22(29)16-12-19)27(33)30-23-6-2-1-3-7-23/h1-3,6-7,9-17,24,26H,4-5,8H2,(H,30,33)/b20-17+/t24-,26-/m1/s1. The summed E-state index contributed by atoms with van der Waals surface area (Å²) in [4.78, 5) is 0. The zero-order valence-electron chi connectivity index (χ0n) is 17.9. The van der Waals surface area contributed by atoms with Crippen LogP contribution in [0.25, 0.3) is 6.08 Å². The van der Waals surface area contributed by atoms with Gasteiger partial charge >= 0.3 is 0 Å². The fourth-order valence-electron chi connectivity index (χ4n) is 4.62. The first-order valence-electron chi connectivity index (χ1n) is 11.0. The van der Waals surface area contributed by atoms with E-state index in [1.54, 1.807) is 0 Å². The molecule has 1 N–H and O–H groups in total. The Labute approximate surface area is 209 Å². The van der Waals surface area contributed by atoms with Crippen molar-refractivity contribution in [2.24, 2.45) is 11.0 Å². The molecular weight excluding hydrogens is 469 g/mol. The molecule has 0 unspecified atom stereocenters. The molecule has 2 aliphatic rings. The molecule has 0 bridgehead atoms. The number of allylic oxidation sites excluding steroid dienone is 1. The summed E-state index contributed by atoms with van der Waals surface area (Å²) in [6, 6.07) is 26.0. The number of nitrogens with zero attached hydrogens (tertiary/aromatic N) is 2. The van der Waals surface area contributed by atoms with E-state index >= 15 is 0 Å². The van der Waals surface area contributed by atoms with Crippen LogP contribution < -0.4 is 5.32 Å². The average Bonchev–Trinajstić information content (AvgIpc) is 3.23. The molecule has 0 aromatic heterocycles. The van der Waals surface area contributed by atoms with Crippen LogP contribution >= 0.6 is 35.4 Å². The molecule has 1 heterocycles. The molecule has 3 nitrogen and oxygen atoms in total. The molecule has 5 rings (SSSR count). The van der Waals surface area contributed by atoms with E-state index in [2.05, 4.69) is 23.5 Å². The van der Waals surface area contributed by atoms with Gasteiger partial charge in [-0.2, -0.15) is 5.10 Å². The number of hydrogen-bond acceptors (Lipinski definition) is 2. The van der Waals surface area contributed by atoms with Crippen molar-refractivity contribution in [3.8, 4) is 0 Å². The van der Waals surface area contributed by atoms with Gasteiger partial charge in [-0.1, -0.05) is 65.7 Å². The van der Waals surface area contributed by atoms with Crippen LogP contribution in [0.1, 0.15) is 36.4 Å². The van der Waals surface area contributed by atoms with Gasteiger partial charge in [0, 0.05) is 21.7 Å². The third-order valence-corrected chi connectivity index (χ3v) is 6.95. The fraction of sp³-hybridized carbons (Fsp3) is 0.185. The van der Waals surface area contributed by atoms with E-state index in [9.17, 15) is 0 Å². The van der Waals surface area contributed by atoms with Crippen LogP contribution in [0.15, 0.2) is 89.5 Å². The molecule has 0 radical (unpaired) electrons. The quantitative estimate of drug-likeness (QED) is 0.376. The van der Waals surface area contributed by atoms with Gasteiger partial charge in [-0.15, -0.1) is 0 Å². The van der Waals surface area contributed by atoms with Crippen LogP contribution in [0.3, 0.4) is 0 Å². The zero-order chi connectivity index (χ0) is 22.8. The van der Waals surface area contributed by atoms with E-state index < -0.39 is 0 Å². The summed E-state index contributed by atoms with van der Waals surface area (Å²) in [6.45, 7) is 0. The molecule has 6 heteroatoms. The highest BCUT2D eigenvalue weighted by Crippen LogP contribution is 2.44. The molecular formula is C27H23Cl2N3S. The highest BCUT2D eigenvalue weighted by molar-refractivity contribution is 7.80. The third-order valence-electron chi connectivity index (χ3n) is 6.16. The predicted octanol–water partition coefficient (Wildman–Crippen LogP) is 7.99. The average molecular weight is 492 g/mol. The lowest BCUT2D eigenvalue weighted by molar-refractivity contribution is 0.307. The van der Waals surface area contributed by atoms with Crippen molar-refractivity contribution in [2.75, 3.05) is 5.32 Å².